The average molecular weight is 390 g/mol. The molecule has 0 amide bonds. The molecule has 28 heavy (non-hydrogen) atoms. The Morgan fingerprint density at radius 1 is 0.821 bits per heavy atom. The molecule has 0 saturated heterocycles. The summed E-state index contributed by atoms with van der Waals surface area (Å²) < 4.78 is 29.7. The zero-order chi connectivity index (χ0) is 20.3. The van der Waals surface area contributed by atoms with Crippen molar-refractivity contribution in [3.05, 3.63) is 66.2 Å². The summed E-state index contributed by atoms with van der Waals surface area (Å²) in [6, 6.07) is 2.21. The lowest BCUT2D eigenvalue weighted by Crippen LogP contribution is -2.27. The van der Waals surface area contributed by atoms with E-state index in [1.54, 1.807) is 0 Å². The minimum atomic E-state index is -0.626. The molecule has 0 N–H and O–H groups in total. The van der Waals surface area contributed by atoms with Crippen LogP contribution in [0.3, 0.4) is 0 Å². The lowest BCUT2D eigenvalue weighted by molar-refractivity contribution is -0.386. The summed E-state index contributed by atoms with van der Waals surface area (Å²) in [6.07, 6.45) is 0. The van der Waals surface area contributed by atoms with E-state index >= 15 is 0 Å². The Labute approximate surface area is 158 Å². The fourth-order valence-electron chi connectivity index (χ4n) is 4.30. The molecule has 2 aliphatic heterocycles. The number of aryl methyl sites for hydroxylation is 2. The maximum Gasteiger partial charge on any atom is 0.279 e. The molecule has 2 aliphatic rings. The van der Waals surface area contributed by atoms with Gasteiger partial charge in [-0.05, 0) is 26.0 Å². The van der Waals surface area contributed by atoms with Gasteiger partial charge in [0.15, 0.2) is 0 Å². The van der Waals surface area contributed by atoms with Crippen LogP contribution in [0.4, 0.5) is 31.5 Å². The van der Waals surface area contributed by atoms with Gasteiger partial charge in [-0.1, -0.05) is 0 Å². The standard InChI is InChI=1S/C18H16F2N4O4/c1-9-5-13(19)17-11(15(9)23(25)26)7-21-3-4-22(17)8-12-16(24(27)28)10(2)6-14(20)18(12)21/h5-6H,3-4,7-8H2,1-2H3. The van der Waals surface area contributed by atoms with Crippen LogP contribution >= 0.6 is 0 Å². The maximum absolute atomic E-state index is 14.8. The second-order valence-corrected chi connectivity index (χ2v) is 7.06. The molecule has 0 aromatic heterocycles. The first-order valence-corrected chi connectivity index (χ1v) is 8.63. The predicted octanol–water partition coefficient (Wildman–Crippen LogP) is 3.74. The molecule has 0 aliphatic carbocycles. The van der Waals surface area contributed by atoms with Crippen molar-refractivity contribution < 1.29 is 18.6 Å². The van der Waals surface area contributed by atoms with Crippen molar-refractivity contribution in [1.29, 1.82) is 0 Å². The first-order valence-electron chi connectivity index (χ1n) is 8.63. The topological polar surface area (TPSA) is 92.8 Å². The van der Waals surface area contributed by atoms with Crippen LogP contribution in [0.2, 0.25) is 0 Å². The Bertz CT molecular complexity index is 973. The summed E-state index contributed by atoms with van der Waals surface area (Å²) in [6.45, 7) is 3.21. The van der Waals surface area contributed by atoms with Gasteiger partial charge in [-0.2, -0.15) is 0 Å². The molecule has 4 rings (SSSR count). The van der Waals surface area contributed by atoms with Gasteiger partial charge in [0.2, 0.25) is 0 Å². The number of nitro benzene ring substituents is 2. The third-order valence-corrected chi connectivity index (χ3v) is 5.36. The molecule has 0 fully saturated rings. The summed E-state index contributed by atoms with van der Waals surface area (Å²) in [5, 5.41) is 23.2. The van der Waals surface area contributed by atoms with Crippen molar-refractivity contribution in [3.63, 3.8) is 0 Å². The van der Waals surface area contributed by atoms with E-state index in [4.69, 9.17) is 0 Å². The van der Waals surface area contributed by atoms with Gasteiger partial charge in [-0.15, -0.1) is 0 Å². The summed E-state index contributed by atoms with van der Waals surface area (Å²) in [7, 11) is 0. The highest BCUT2D eigenvalue weighted by molar-refractivity contribution is 5.74. The third-order valence-electron chi connectivity index (χ3n) is 5.36. The third kappa shape index (κ3) is 2.48. The van der Waals surface area contributed by atoms with Gasteiger partial charge >= 0.3 is 0 Å². The Morgan fingerprint density at radius 3 is 1.50 bits per heavy atom. The summed E-state index contributed by atoms with van der Waals surface area (Å²) in [5.41, 5.74) is 0.376. The van der Waals surface area contributed by atoms with E-state index in [2.05, 4.69) is 0 Å². The fourth-order valence-corrected chi connectivity index (χ4v) is 4.30. The number of fused-ring (bicyclic) bond motifs is 7. The summed E-state index contributed by atoms with van der Waals surface area (Å²) in [5.74, 6) is -1.25. The monoisotopic (exact) mass is 390 g/mol. The number of rotatable bonds is 2. The van der Waals surface area contributed by atoms with Gasteiger partial charge in [0.05, 0.1) is 45.4 Å². The van der Waals surface area contributed by atoms with Gasteiger partial charge in [0.1, 0.15) is 11.6 Å². The van der Waals surface area contributed by atoms with Crippen LogP contribution in [-0.4, -0.2) is 22.9 Å². The largest absolute Gasteiger partial charge is 0.362 e. The fraction of sp³-hybridized carbons (Fsp3) is 0.333. The van der Waals surface area contributed by atoms with Crippen LogP contribution in [0.1, 0.15) is 22.3 Å². The highest BCUT2D eigenvalue weighted by Gasteiger charge is 2.38. The van der Waals surface area contributed by atoms with Crippen LogP contribution in [0.15, 0.2) is 12.1 Å². The Hall–Kier alpha value is -3.30. The number of hydrogen-bond donors (Lipinski definition) is 0. The van der Waals surface area contributed by atoms with E-state index in [0.717, 1.165) is 12.1 Å². The van der Waals surface area contributed by atoms with E-state index in [9.17, 15) is 29.0 Å². The van der Waals surface area contributed by atoms with Crippen LogP contribution in [0, 0.1) is 45.7 Å². The first-order chi connectivity index (χ1) is 13.2. The Kier molecular flexibility index (Phi) is 3.95. The van der Waals surface area contributed by atoms with Crippen LogP contribution in [-0.2, 0) is 13.1 Å². The van der Waals surface area contributed by atoms with E-state index in [0.29, 0.717) is 0 Å². The number of hydrogen-bond acceptors (Lipinski definition) is 6. The van der Waals surface area contributed by atoms with Crippen molar-refractivity contribution in [3.8, 4) is 0 Å². The molecule has 2 heterocycles. The second kappa shape index (κ2) is 6.11. The summed E-state index contributed by atoms with van der Waals surface area (Å²) in [4.78, 5) is 25.2. The molecule has 0 atom stereocenters. The van der Waals surface area contributed by atoms with Crippen LogP contribution in [0.25, 0.3) is 0 Å². The lowest BCUT2D eigenvalue weighted by Gasteiger charge is -2.28. The molecule has 0 radical (unpaired) electrons. The molecule has 0 saturated carbocycles. The van der Waals surface area contributed by atoms with Crippen molar-refractivity contribution >= 4 is 22.7 Å². The summed E-state index contributed by atoms with van der Waals surface area (Å²) >= 11 is 0. The predicted molar refractivity (Wildman–Crippen MR) is 97.7 cm³/mol. The van der Waals surface area contributed by atoms with Crippen molar-refractivity contribution in [2.24, 2.45) is 0 Å². The maximum atomic E-state index is 14.8. The first kappa shape index (κ1) is 18.1. The van der Waals surface area contributed by atoms with E-state index in [-0.39, 0.29) is 71.2 Å². The second-order valence-electron chi connectivity index (χ2n) is 7.06. The molecular formula is C18H16F2N4O4. The molecule has 2 aromatic rings. The van der Waals surface area contributed by atoms with E-state index < -0.39 is 21.5 Å². The lowest BCUT2D eigenvalue weighted by atomic mass is 9.99. The van der Waals surface area contributed by atoms with Crippen molar-refractivity contribution in [1.82, 2.24) is 0 Å². The molecule has 8 nitrogen and oxygen atoms in total. The van der Waals surface area contributed by atoms with E-state index in [1.807, 2.05) is 0 Å². The number of halogens is 2. The molecular weight excluding hydrogens is 374 g/mol. The molecule has 0 spiro atoms. The minimum absolute atomic E-state index is 0.0571. The zero-order valence-corrected chi connectivity index (χ0v) is 15.2. The Morgan fingerprint density at radius 2 is 1.18 bits per heavy atom. The molecule has 0 unspecified atom stereocenters. The van der Waals surface area contributed by atoms with Crippen molar-refractivity contribution in [2.45, 2.75) is 26.9 Å². The minimum Gasteiger partial charge on any atom is -0.362 e. The van der Waals surface area contributed by atoms with E-state index in [1.165, 1.54) is 23.6 Å². The molecule has 146 valence electrons. The van der Waals surface area contributed by atoms with Crippen LogP contribution in [0.5, 0.6) is 0 Å². The Balaban J connectivity index is 2.02. The highest BCUT2D eigenvalue weighted by Crippen LogP contribution is 2.45. The zero-order valence-electron chi connectivity index (χ0n) is 15.2. The number of nitrogens with zero attached hydrogens (tertiary/aromatic N) is 4. The molecule has 2 aromatic carbocycles. The van der Waals surface area contributed by atoms with Gasteiger partial charge in [0, 0.05) is 24.2 Å². The SMILES string of the molecule is Cc1cc(F)c2c(c1[N+](=O)[O-])CN1CCN2Cc2c1c(F)cc(C)c2[N+](=O)[O-]. The molecule has 2 bridgehead atoms. The average Bonchev–Trinajstić information content (AvgIpc) is 2.84. The van der Waals surface area contributed by atoms with Crippen molar-refractivity contribution in [2.75, 3.05) is 22.9 Å². The normalized spacial score (nSPS) is 15.0. The molecule has 10 heteroatoms. The van der Waals surface area contributed by atoms with Gasteiger partial charge in [-0.3, -0.25) is 20.2 Å². The number of anilines is 2. The highest BCUT2D eigenvalue weighted by atomic mass is 19.1. The number of nitro groups is 2. The quantitative estimate of drug-likeness (QED) is 0.573. The van der Waals surface area contributed by atoms with Gasteiger partial charge in [-0.25, -0.2) is 8.78 Å². The van der Waals surface area contributed by atoms with Gasteiger partial charge in [0.25, 0.3) is 11.4 Å². The smallest absolute Gasteiger partial charge is 0.279 e. The number of benzene rings is 2. The van der Waals surface area contributed by atoms with Gasteiger partial charge < -0.3 is 9.80 Å². The van der Waals surface area contributed by atoms with Crippen LogP contribution < -0.4 is 9.80 Å².